The molecule has 212 valence electrons. The number of rotatable bonds is 6. The van der Waals surface area contributed by atoms with Crippen molar-refractivity contribution in [3.8, 4) is 16.9 Å². The topological polar surface area (TPSA) is 48.3 Å². The molecule has 4 aromatic rings. The summed E-state index contributed by atoms with van der Waals surface area (Å²) < 4.78 is 78.2. The van der Waals surface area contributed by atoms with Crippen LogP contribution in [-0.4, -0.2) is 22.5 Å². The molecule has 0 aliphatic carbocycles. The largest absolute Gasteiger partial charge is 0.497 e. The number of hydrogen-bond donors (Lipinski definition) is 0. The Morgan fingerprint density at radius 3 is 2.41 bits per heavy atom. The summed E-state index contributed by atoms with van der Waals surface area (Å²) in [5.74, 6) is -1.51. The second-order valence-corrected chi connectivity index (χ2v) is 11.4. The molecule has 1 atom stereocenters. The SMILES string of the molecule is COc1ccc(-c2c(C)c(Cc3c(F)cccc3C(F)(F)F)c3n(c2=O)C(C(=O)Sc2ccccc2)CS3)c(F)c1. The number of halogens is 5. The normalized spacial score (nSPS) is 14.7. The van der Waals surface area contributed by atoms with E-state index in [9.17, 15) is 27.2 Å². The lowest BCUT2D eigenvalue weighted by atomic mass is 9.92. The molecule has 0 saturated carbocycles. The molecule has 0 fully saturated rings. The van der Waals surface area contributed by atoms with Gasteiger partial charge in [-0.25, -0.2) is 8.78 Å². The number of ether oxygens (including phenoxy) is 1. The molecule has 41 heavy (non-hydrogen) atoms. The van der Waals surface area contributed by atoms with Gasteiger partial charge in [-0.05, 0) is 66.2 Å². The van der Waals surface area contributed by atoms with E-state index in [1.807, 2.05) is 0 Å². The molecule has 0 N–H and O–H groups in total. The van der Waals surface area contributed by atoms with Gasteiger partial charge in [-0.2, -0.15) is 13.2 Å². The zero-order valence-corrected chi connectivity index (χ0v) is 23.4. The summed E-state index contributed by atoms with van der Waals surface area (Å²) in [7, 11) is 1.35. The lowest BCUT2D eigenvalue weighted by molar-refractivity contribution is -0.138. The highest BCUT2D eigenvalue weighted by atomic mass is 32.2. The van der Waals surface area contributed by atoms with Crippen molar-refractivity contribution in [3.63, 3.8) is 0 Å². The predicted octanol–water partition coefficient (Wildman–Crippen LogP) is 7.69. The Labute approximate surface area is 240 Å². The van der Waals surface area contributed by atoms with E-state index in [0.717, 1.165) is 47.8 Å². The van der Waals surface area contributed by atoms with E-state index in [1.165, 1.54) is 30.7 Å². The Bertz CT molecular complexity index is 1700. The van der Waals surface area contributed by atoms with E-state index < -0.39 is 47.0 Å². The van der Waals surface area contributed by atoms with Gasteiger partial charge < -0.3 is 4.74 Å². The molecular weight excluding hydrogens is 581 g/mol. The Morgan fingerprint density at radius 2 is 1.76 bits per heavy atom. The minimum Gasteiger partial charge on any atom is -0.497 e. The Kier molecular flexibility index (Phi) is 8.02. The van der Waals surface area contributed by atoms with Gasteiger partial charge in [-0.15, -0.1) is 11.8 Å². The summed E-state index contributed by atoms with van der Waals surface area (Å²) in [5.41, 5.74) is -2.19. The number of carbonyl (C=O) groups is 1. The molecule has 5 rings (SSSR count). The number of hydrogen-bond acceptors (Lipinski definition) is 5. The Morgan fingerprint density at radius 1 is 1.02 bits per heavy atom. The monoisotopic (exact) mass is 603 g/mol. The number of fused-ring (bicyclic) bond motifs is 1. The molecule has 0 saturated heterocycles. The molecule has 1 unspecified atom stereocenters. The molecule has 2 heterocycles. The third-order valence-electron chi connectivity index (χ3n) is 6.88. The number of aromatic nitrogens is 1. The second kappa shape index (κ2) is 11.4. The van der Waals surface area contributed by atoms with Crippen LogP contribution in [0.15, 0.2) is 81.4 Å². The van der Waals surface area contributed by atoms with Gasteiger partial charge in [0.2, 0.25) is 5.12 Å². The summed E-state index contributed by atoms with van der Waals surface area (Å²) >= 11 is 2.07. The fourth-order valence-corrected chi connectivity index (χ4v) is 7.20. The van der Waals surface area contributed by atoms with E-state index in [-0.39, 0.29) is 43.9 Å². The number of nitrogens with zero attached hydrogens (tertiary/aromatic N) is 1. The molecule has 3 aromatic carbocycles. The number of thioether (sulfide) groups is 2. The molecule has 0 bridgehead atoms. The van der Waals surface area contributed by atoms with Gasteiger partial charge in [0.1, 0.15) is 23.4 Å². The smallest absolute Gasteiger partial charge is 0.416 e. The van der Waals surface area contributed by atoms with Crippen molar-refractivity contribution in [3.05, 3.63) is 111 Å². The molecule has 0 radical (unpaired) electrons. The van der Waals surface area contributed by atoms with Crippen molar-refractivity contribution in [2.75, 3.05) is 12.9 Å². The maximum Gasteiger partial charge on any atom is 0.416 e. The van der Waals surface area contributed by atoms with Gasteiger partial charge in [0.05, 0.1) is 23.3 Å². The van der Waals surface area contributed by atoms with Crippen molar-refractivity contribution in [1.82, 2.24) is 4.57 Å². The molecule has 11 heteroatoms. The van der Waals surface area contributed by atoms with Crippen LogP contribution in [0.2, 0.25) is 0 Å². The van der Waals surface area contributed by atoms with E-state index in [2.05, 4.69) is 0 Å². The quantitative estimate of drug-likeness (QED) is 0.167. The van der Waals surface area contributed by atoms with Crippen LogP contribution in [0.1, 0.15) is 28.3 Å². The summed E-state index contributed by atoms with van der Waals surface area (Å²) in [6.07, 6.45) is -5.35. The first-order valence-electron chi connectivity index (χ1n) is 12.4. The van der Waals surface area contributed by atoms with Gasteiger partial charge in [-0.3, -0.25) is 14.2 Å². The lowest BCUT2D eigenvalue weighted by Gasteiger charge is -2.21. The van der Waals surface area contributed by atoms with Crippen LogP contribution >= 0.6 is 23.5 Å². The van der Waals surface area contributed by atoms with Gasteiger partial charge in [-0.1, -0.05) is 24.3 Å². The molecule has 4 nitrogen and oxygen atoms in total. The molecule has 1 aromatic heterocycles. The third-order valence-corrected chi connectivity index (χ3v) is 9.06. The Hall–Kier alpha value is -3.57. The summed E-state index contributed by atoms with van der Waals surface area (Å²) in [6, 6.07) is 14.4. The van der Waals surface area contributed by atoms with Crippen LogP contribution in [0.4, 0.5) is 22.0 Å². The fourth-order valence-electron chi connectivity index (χ4n) is 4.88. The lowest BCUT2D eigenvalue weighted by Crippen LogP contribution is -2.30. The van der Waals surface area contributed by atoms with Crippen LogP contribution in [-0.2, 0) is 17.4 Å². The molecule has 0 spiro atoms. The number of methoxy groups -OCH3 is 1. The highest BCUT2D eigenvalue weighted by Crippen LogP contribution is 2.43. The Balaban J connectivity index is 1.73. The maximum atomic E-state index is 15.3. The summed E-state index contributed by atoms with van der Waals surface area (Å²) in [4.78, 5) is 28.1. The van der Waals surface area contributed by atoms with Crippen molar-refractivity contribution in [1.29, 1.82) is 0 Å². The van der Waals surface area contributed by atoms with Crippen molar-refractivity contribution >= 4 is 28.6 Å². The predicted molar refractivity (Wildman–Crippen MR) is 149 cm³/mol. The number of benzene rings is 3. The average Bonchev–Trinajstić information content (AvgIpc) is 3.38. The minimum atomic E-state index is -4.83. The zero-order valence-electron chi connectivity index (χ0n) is 21.7. The summed E-state index contributed by atoms with van der Waals surface area (Å²) in [6.45, 7) is 1.50. The van der Waals surface area contributed by atoms with Gasteiger partial charge >= 0.3 is 6.18 Å². The molecular formula is C30H22F5NO3S2. The first kappa shape index (κ1) is 28.9. The van der Waals surface area contributed by atoms with Crippen molar-refractivity contribution in [2.45, 2.75) is 35.5 Å². The number of pyridine rings is 1. The van der Waals surface area contributed by atoms with E-state index in [4.69, 9.17) is 4.74 Å². The molecule has 1 aliphatic heterocycles. The first-order valence-corrected chi connectivity index (χ1v) is 14.2. The van der Waals surface area contributed by atoms with Crippen LogP contribution < -0.4 is 10.3 Å². The van der Waals surface area contributed by atoms with Gasteiger partial charge in [0.15, 0.2) is 0 Å². The van der Waals surface area contributed by atoms with E-state index in [1.54, 1.807) is 30.3 Å². The van der Waals surface area contributed by atoms with E-state index >= 15 is 4.39 Å². The van der Waals surface area contributed by atoms with Gasteiger partial charge in [0.25, 0.3) is 5.56 Å². The van der Waals surface area contributed by atoms with Crippen molar-refractivity contribution in [2.24, 2.45) is 0 Å². The second-order valence-electron chi connectivity index (χ2n) is 9.31. The zero-order chi connectivity index (χ0) is 29.5. The highest BCUT2D eigenvalue weighted by molar-refractivity contribution is 8.13. The average molecular weight is 604 g/mol. The number of carbonyl (C=O) groups excluding carboxylic acids is 1. The van der Waals surface area contributed by atoms with Gasteiger partial charge in [0, 0.05) is 34.3 Å². The first-order chi connectivity index (χ1) is 19.5. The fraction of sp³-hybridized carbons (Fsp3) is 0.200. The molecule has 1 aliphatic rings. The molecule has 0 amide bonds. The van der Waals surface area contributed by atoms with Crippen LogP contribution in [0.25, 0.3) is 11.1 Å². The maximum absolute atomic E-state index is 15.3. The standard InChI is InChI=1S/C30H22F5NO3S2/c1-16-20(14-21-22(30(33,34)35)9-6-10-23(21)31)28-36(25(15-40-28)29(38)41-18-7-4-3-5-8-18)27(37)26(16)19-12-11-17(39-2)13-24(19)32/h3-13,25H,14-15H2,1-2H3. The minimum absolute atomic E-state index is 0.103. The summed E-state index contributed by atoms with van der Waals surface area (Å²) in [5, 5.41) is -0.101. The highest BCUT2D eigenvalue weighted by Gasteiger charge is 2.38. The number of alkyl halides is 3. The van der Waals surface area contributed by atoms with Crippen LogP contribution in [0.3, 0.4) is 0 Å². The van der Waals surface area contributed by atoms with Crippen LogP contribution in [0.5, 0.6) is 5.75 Å². The van der Waals surface area contributed by atoms with Crippen molar-refractivity contribution < 1.29 is 31.5 Å². The third kappa shape index (κ3) is 5.52. The van der Waals surface area contributed by atoms with Crippen LogP contribution in [0, 0.1) is 18.6 Å². The van der Waals surface area contributed by atoms with E-state index in [0.29, 0.717) is 4.90 Å².